The molecule has 0 spiro atoms. The third-order valence-corrected chi connectivity index (χ3v) is 6.15. The minimum Gasteiger partial charge on any atom is -0.393 e. The van der Waals surface area contributed by atoms with Gasteiger partial charge in [0.25, 0.3) is 0 Å². The van der Waals surface area contributed by atoms with E-state index in [4.69, 9.17) is 18.0 Å². The topological polar surface area (TPSA) is 63.4 Å². The Balaban J connectivity index is 1.98. The maximum absolute atomic E-state index is 11.7. The SMILES string of the molecule is CS(=O)(=O)C1CCCC(N(CCC(N)=S)C2CC2)C1. The summed E-state index contributed by atoms with van der Waals surface area (Å²) in [5.41, 5.74) is 5.60. The normalized spacial score (nSPS) is 28.5. The molecule has 0 aromatic carbocycles. The molecule has 2 rings (SSSR count). The van der Waals surface area contributed by atoms with E-state index in [2.05, 4.69) is 4.90 Å². The average molecular weight is 304 g/mol. The van der Waals surface area contributed by atoms with E-state index < -0.39 is 9.84 Å². The van der Waals surface area contributed by atoms with Crippen LogP contribution in [0.5, 0.6) is 0 Å². The number of hydrogen-bond acceptors (Lipinski definition) is 4. The molecule has 4 nitrogen and oxygen atoms in total. The van der Waals surface area contributed by atoms with Gasteiger partial charge in [-0.15, -0.1) is 0 Å². The van der Waals surface area contributed by atoms with Crippen LogP contribution in [0.3, 0.4) is 0 Å². The molecular weight excluding hydrogens is 280 g/mol. The molecule has 110 valence electrons. The monoisotopic (exact) mass is 304 g/mol. The predicted octanol–water partition coefficient (Wildman–Crippen LogP) is 1.48. The van der Waals surface area contributed by atoms with Gasteiger partial charge in [-0.2, -0.15) is 0 Å². The molecule has 2 unspecified atom stereocenters. The highest BCUT2D eigenvalue weighted by atomic mass is 32.2. The average Bonchev–Trinajstić information content (AvgIpc) is 3.13. The van der Waals surface area contributed by atoms with Crippen molar-refractivity contribution in [2.75, 3.05) is 12.8 Å². The van der Waals surface area contributed by atoms with Crippen molar-refractivity contribution in [2.45, 2.75) is 62.3 Å². The van der Waals surface area contributed by atoms with Crippen molar-refractivity contribution in [3.05, 3.63) is 0 Å². The van der Waals surface area contributed by atoms with E-state index in [1.807, 2.05) is 0 Å². The van der Waals surface area contributed by atoms with Gasteiger partial charge < -0.3 is 5.73 Å². The molecule has 2 aliphatic rings. The quantitative estimate of drug-likeness (QED) is 0.753. The van der Waals surface area contributed by atoms with Crippen LogP contribution in [-0.2, 0) is 9.84 Å². The molecule has 0 radical (unpaired) electrons. The molecule has 0 bridgehead atoms. The Bertz CT molecular complexity index is 432. The Labute approximate surface area is 121 Å². The van der Waals surface area contributed by atoms with Crippen LogP contribution in [0.25, 0.3) is 0 Å². The molecule has 2 N–H and O–H groups in total. The van der Waals surface area contributed by atoms with Crippen molar-refractivity contribution < 1.29 is 8.42 Å². The van der Waals surface area contributed by atoms with Crippen LogP contribution < -0.4 is 5.73 Å². The summed E-state index contributed by atoms with van der Waals surface area (Å²) in [5, 5.41) is -0.155. The molecule has 0 aliphatic heterocycles. The van der Waals surface area contributed by atoms with Crippen LogP contribution in [0.15, 0.2) is 0 Å². The van der Waals surface area contributed by atoms with Crippen molar-refractivity contribution in [1.29, 1.82) is 0 Å². The fourth-order valence-corrected chi connectivity index (χ4v) is 4.38. The first-order chi connectivity index (χ1) is 8.88. The third kappa shape index (κ3) is 4.39. The lowest BCUT2D eigenvalue weighted by atomic mass is 9.93. The van der Waals surface area contributed by atoms with Gasteiger partial charge in [-0.25, -0.2) is 8.42 Å². The van der Waals surface area contributed by atoms with E-state index in [9.17, 15) is 8.42 Å². The molecule has 2 atom stereocenters. The van der Waals surface area contributed by atoms with E-state index in [-0.39, 0.29) is 5.25 Å². The fourth-order valence-electron chi connectivity index (χ4n) is 3.12. The number of sulfone groups is 1. The Morgan fingerprint density at radius 1 is 1.26 bits per heavy atom. The van der Waals surface area contributed by atoms with Crippen LogP contribution in [0.2, 0.25) is 0 Å². The lowest BCUT2D eigenvalue weighted by Crippen LogP contribution is -2.44. The molecule has 0 amide bonds. The van der Waals surface area contributed by atoms with E-state index in [0.717, 1.165) is 38.6 Å². The number of thiocarbonyl (C=S) groups is 1. The molecular formula is C13H24N2O2S2. The van der Waals surface area contributed by atoms with Gasteiger partial charge in [0, 0.05) is 31.3 Å². The number of nitrogens with two attached hydrogens (primary N) is 1. The van der Waals surface area contributed by atoms with Gasteiger partial charge in [0.05, 0.1) is 10.2 Å². The van der Waals surface area contributed by atoms with Gasteiger partial charge in [-0.3, -0.25) is 4.90 Å². The zero-order valence-corrected chi connectivity index (χ0v) is 13.2. The third-order valence-electron chi connectivity index (χ3n) is 4.31. The largest absolute Gasteiger partial charge is 0.393 e. The van der Waals surface area contributed by atoms with Gasteiger partial charge in [-0.1, -0.05) is 18.6 Å². The van der Waals surface area contributed by atoms with Gasteiger partial charge in [0.2, 0.25) is 0 Å². The second-order valence-electron chi connectivity index (χ2n) is 5.96. The Morgan fingerprint density at radius 2 is 1.95 bits per heavy atom. The highest BCUT2D eigenvalue weighted by Crippen LogP contribution is 2.35. The van der Waals surface area contributed by atoms with E-state index in [1.165, 1.54) is 19.1 Å². The fraction of sp³-hybridized carbons (Fsp3) is 0.923. The molecule has 0 heterocycles. The molecule has 0 aromatic heterocycles. The van der Waals surface area contributed by atoms with E-state index >= 15 is 0 Å². The first kappa shape index (κ1) is 15.2. The first-order valence-electron chi connectivity index (χ1n) is 7.11. The van der Waals surface area contributed by atoms with E-state index in [1.54, 1.807) is 0 Å². The predicted molar refractivity (Wildman–Crippen MR) is 82.0 cm³/mol. The highest BCUT2D eigenvalue weighted by Gasteiger charge is 2.38. The molecule has 6 heteroatoms. The summed E-state index contributed by atoms with van der Waals surface area (Å²) in [4.78, 5) is 3.03. The molecule has 0 aromatic rings. The summed E-state index contributed by atoms with van der Waals surface area (Å²) in [6.45, 7) is 0.890. The van der Waals surface area contributed by atoms with E-state index in [0.29, 0.717) is 17.1 Å². The summed E-state index contributed by atoms with van der Waals surface area (Å²) in [6, 6.07) is 1.04. The Kier molecular flexibility index (Phi) is 4.84. The van der Waals surface area contributed by atoms with Gasteiger partial charge >= 0.3 is 0 Å². The number of nitrogens with zero attached hydrogens (tertiary/aromatic N) is 1. The minimum absolute atomic E-state index is 0.155. The van der Waals surface area contributed by atoms with Gasteiger partial charge in [-0.05, 0) is 32.1 Å². The summed E-state index contributed by atoms with van der Waals surface area (Å²) >= 11 is 4.96. The summed E-state index contributed by atoms with van der Waals surface area (Å²) < 4.78 is 23.5. The maximum atomic E-state index is 11.7. The maximum Gasteiger partial charge on any atom is 0.150 e. The standard InChI is InChI=1S/C13H24N2O2S2/c1-19(16,17)12-4-2-3-11(9-12)15(10-5-6-10)8-7-13(14)18/h10-12H,2-9H2,1H3,(H2,14,18). The van der Waals surface area contributed by atoms with Crippen molar-refractivity contribution in [2.24, 2.45) is 5.73 Å². The zero-order valence-electron chi connectivity index (χ0n) is 11.5. The first-order valence-corrected chi connectivity index (χ1v) is 9.47. The van der Waals surface area contributed by atoms with Crippen LogP contribution in [0, 0.1) is 0 Å². The zero-order chi connectivity index (χ0) is 14.0. The lowest BCUT2D eigenvalue weighted by molar-refractivity contribution is 0.152. The number of rotatable bonds is 6. The minimum atomic E-state index is -2.91. The molecule has 2 aliphatic carbocycles. The Hall–Kier alpha value is -0.200. The summed E-state index contributed by atoms with van der Waals surface area (Å²) in [6.07, 6.45) is 8.31. The van der Waals surface area contributed by atoms with Crippen molar-refractivity contribution in [1.82, 2.24) is 4.90 Å². The highest BCUT2D eigenvalue weighted by molar-refractivity contribution is 7.91. The second-order valence-corrected chi connectivity index (χ2v) is 8.81. The Morgan fingerprint density at radius 3 is 2.47 bits per heavy atom. The van der Waals surface area contributed by atoms with Crippen LogP contribution in [0.1, 0.15) is 44.9 Å². The molecule has 19 heavy (non-hydrogen) atoms. The second kappa shape index (κ2) is 6.06. The van der Waals surface area contributed by atoms with Crippen LogP contribution in [0.4, 0.5) is 0 Å². The lowest BCUT2D eigenvalue weighted by Gasteiger charge is -2.37. The van der Waals surface area contributed by atoms with Gasteiger partial charge in [0.15, 0.2) is 0 Å². The van der Waals surface area contributed by atoms with Crippen LogP contribution in [-0.4, -0.2) is 48.4 Å². The van der Waals surface area contributed by atoms with Gasteiger partial charge in [0.1, 0.15) is 9.84 Å². The molecule has 2 saturated carbocycles. The smallest absolute Gasteiger partial charge is 0.150 e. The van der Waals surface area contributed by atoms with Crippen molar-refractivity contribution >= 4 is 27.0 Å². The van der Waals surface area contributed by atoms with Crippen molar-refractivity contribution in [3.63, 3.8) is 0 Å². The number of hydrogen-bond donors (Lipinski definition) is 1. The van der Waals surface area contributed by atoms with Crippen molar-refractivity contribution in [3.8, 4) is 0 Å². The summed E-state index contributed by atoms with van der Waals surface area (Å²) in [7, 11) is -2.91. The summed E-state index contributed by atoms with van der Waals surface area (Å²) in [5.74, 6) is 0. The molecule has 2 fully saturated rings. The van der Waals surface area contributed by atoms with Crippen LogP contribution >= 0.6 is 12.2 Å². The molecule has 0 saturated heterocycles.